The first kappa shape index (κ1) is 38.1. The van der Waals surface area contributed by atoms with Crippen LogP contribution >= 0.6 is 0 Å². The summed E-state index contributed by atoms with van der Waals surface area (Å²) in [5, 5.41) is 21.4. The van der Waals surface area contributed by atoms with E-state index in [0.717, 1.165) is 30.7 Å². The van der Waals surface area contributed by atoms with E-state index in [1.165, 1.54) is 6.92 Å². The Balaban J connectivity index is 1.61. The van der Waals surface area contributed by atoms with Gasteiger partial charge in [0.25, 0.3) is 0 Å². The molecule has 1 aliphatic rings. The second-order valence-corrected chi connectivity index (χ2v) is 13.6. The molecule has 0 bridgehead atoms. The number of carbonyl (C=O) groups is 3. The van der Waals surface area contributed by atoms with E-state index in [9.17, 15) is 19.5 Å². The molecule has 0 aliphatic carbocycles. The van der Waals surface area contributed by atoms with Crippen LogP contribution in [-0.2, 0) is 25.6 Å². The molecule has 3 rings (SSSR count). The van der Waals surface area contributed by atoms with Crippen molar-refractivity contribution in [2.24, 2.45) is 17.8 Å². The van der Waals surface area contributed by atoms with Crippen molar-refractivity contribution in [3.8, 4) is 11.4 Å². The molecule has 2 N–H and O–H groups in total. The molecule has 1 amide bonds. The zero-order valence-electron chi connectivity index (χ0n) is 29.3. The van der Waals surface area contributed by atoms with E-state index in [1.807, 2.05) is 43.1 Å². The molecule has 1 saturated heterocycles. The van der Waals surface area contributed by atoms with Crippen LogP contribution in [0.4, 0.5) is 4.79 Å². The van der Waals surface area contributed by atoms with Gasteiger partial charge in [0, 0.05) is 38.9 Å². The Morgan fingerprint density at radius 2 is 1.89 bits per heavy atom. The van der Waals surface area contributed by atoms with Crippen LogP contribution in [0.15, 0.2) is 30.6 Å². The third kappa shape index (κ3) is 9.40. The van der Waals surface area contributed by atoms with E-state index < -0.39 is 34.7 Å². The Labute approximate surface area is 280 Å². The molecule has 258 valence electrons. The van der Waals surface area contributed by atoms with Crippen molar-refractivity contribution in [3.05, 3.63) is 30.6 Å². The zero-order valence-corrected chi connectivity index (χ0v) is 29.3. The van der Waals surface area contributed by atoms with Gasteiger partial charge in [0.1, 0.15) is 23.0 Å². The molecule has 0 unspecified atom stereocenters. The van der Waals surface area contributed by atoms with Gasteiger partial charge in [-0.15, -0.1) is 5.10 Å². The van der Waals surface area contributed by atoms with Gasteiger partial charge in [-0.05, 0) is 89.7 Å². The smallest absolute Gasteiger partial charge is 0.410 e. The quantitative estimate of drug-likeness (QED) is 0.116. The van der Waals surface area contributed by atoms with Crippen LogP contribution in [0.5, 0.6) is 0 Å². The number of amides is 1. The molecule has 2 radical (unpaired) electrons. The Kier molecular flexibility index (Phi) is 13.5. The molecular formula is C34H53BN6O6. The number of rotatable bonds is 20. The number of aryl methyl sites for hydroxylation is 1. The molecule has 13 heteroatoms. The van der Waals surface area contributed by atoms with Gasteiger partial charge in [-0.3, -0.25) is 24.2 Å². The molecule has 0 saturated carbocycles. The number of aliphatic carboxylic acids is 1. The van der Waals surface area contributed by atoms with Crippen molar-refractivity contribution in [1.29, 1.82) is 0 Å². The third-order valence-electron chi connectivity index (χ3n) is 10.1. The highest BCUT2D eigenvalue weighted by molar-refractivity contribution is 6.15. The average molecular weight is 653 g/mol. The minimum atomic E-state index is -1.16. The monoisotopic (exact) mass is 652 g/mol. The standard InChI is InChI=1S/C34H53BN6O6/c1-9-23(3)34(7)30(25(5)37-20-22(2)19-33(6,46-8)29(35)18-28(42)24(4)31(43)44)41(32(45)47-34)17-13-12-16-40-21-27(38-39-40)26-14-10-11-15-36-26/h10-11,14-15,21-25,29-30,37H,9,12-13,16-20H2,1-8H3,(H,43,44)/t22-,23-,24-,25-,29-,30-,33-,34-/m1/s1. The predicted molar refractivity (Wildman–Crippen MR) is 180 cm³/mol. The van der Waals surface area contributed by atoms with E-state index in [0.29, 0.717) is 26.1 Å². The van der Waals surface area contributed by atoms with Gasteiger partial charge in [0.2, 0.25) is 0 Å². The molecule has 12 nitrogen and oxygen atoms in total. The largest absolute Gasteiger partial charge is 0.481 e. The fourth-order valence-corrected chi connectivity index (χ4v) is 6.52. The summed E-state index contributed by atoms with van der Waals surface area (Å²) in [6.07, 6.45) is 6.24. The number of unbranched alkanes of at least 4 members (excludes halogenated alkanes) is 1. The van der Waals surface area contributed by atoms with E-state index in [1.54, 1.807) is 18.0 Å². The van der Waals surface area contributed by atoms with Crippen LogP contribution in [0.2, 0.25) is 5.82 Å². The molecule has 47 heavy (non-hydrogen) atoms. The summed E-state index contributed by atoms with van der Waals surface area (Å²) in [6, 6.07) is 5.40. The number of ketones is 1. The van der Waals surface area contributed by atoms with Crippen molar-refractivity contribution >= 4 is 25.7 Å². The number of ether oxygens (including phenoxy) is 2. The maximum absolute atomic E-state index is 13.3. The Morgan fingerprint density at radius 1 is 1.19 bits per heavy atom. The number of nitrogens with one attached hydrogen (secondary N) is 1. The second-order valence-electron chi connectivity index (χ2n) is 13.6. The van der Waals surface area contributed by atoms with E-state index in [-0.39, 0.29) is 36.4 Å². The van der Waals surface area contributed by atoms with Gasteiger partial charge in [-0.2, -0.15) is 0 Å². The van der Waals surface area contributed by atoms with Gasteiger partial charge < -0.3 is 19.9 Å². The number of cyclic esters (lactones) is 1. The van der Waals surface area contributed by atoms with Crippen LogP contribution in [0, 0.1) is 17.8 Å². The number of methoxy groups -OCH3 is 1. The lowest BCUT2D eigenvalue weighted by molar-refractivity contribution is -0.146. The fourth-order valence-electron chi connectivity index (χ4n) is 6.52. The maximum atomic E-state index is 13.3. The number of nitrogens with zero attached hydrogens (tertiary/aromatic N) is 5. The minimum Gasteiger partial charge on any atom is -0.481 e. The summed E-state index contributed by atoms with van der Waals surface area (Å²) >= 11 is 0. The number of pyridine rings is 1. The van der Waals surface area contributed by atoms with Gasteiger partial charge in [0.15, 0.2) is 0 Å². The highest BCUT2D eigenvalue weighted by atomic mass is 16.6. The Hall–Kier alpha value is -3.32. The first-order valence-electron chi connectivity index (χ1n) is 16.8. The van der Waals surface area contributed by atoms with Crippen LogP contribution in [0.25, 0.3) is 11.4 Å². The molecule has 1 fully saturated rings. The topological polar surface area (TPSA) is 149 Å². The van der Waals surface area contributed by atoms with Crippen molar-refractivity contribution < 1.29 is 29.0 Å². The lowest BCUT2D eigenvalue weighted by Crippen LogP contribution is -2.58. The fraction of sp³-hybridized carbons (Fsp3) is 0.706. The van der Waals surface area contributed by atoms with Crippen LogP contribution in [0.1, 0.15) is 80.6 Å². The zero-order chi connectivity index (χ0) is 34.9. The van der Waals surface area contributed by atoms with Gasteiger partial charge in [-0.1, -0.05) is 32.1 Å². The molecule has 2 aromatic heterocycles. The van der Waals surface area contributed by atoms with Crippen molar-refractivity contribution in [2.45, 2.75) is 116 Å². The summed E-state index contributed by atoms with van der Waals surface area (Å²) in [5.41, 5.74) is -0.00188. The van der Waals surface area contributed by atoms with Crippen molar-refractivity contribution in [1.82, 2.24) is 30.2 Å². The maximum Gasteiger partial charge on any atom is 0.410 e. The highest BCUT2D eigenvalue weighted by Crippen LogP contribution is 2.40. The summed E-state index contributed by atoms with van der Waals surface area (Å²) in [6.45, 7) is 15.5. The molecule has 2 aromatic rings. The van der Waals surface area contributed by atoms with E-state index >= 15 is 0 Å². The number of carboxylic acids is 1. The average Bonchev–Trinajstić information content (AvgIpc) is 3.63. The van der Waals surface area contributed by atoms with E-state index in [4.69, 9.17) is 17.3 Å². The minimum absolute atomic E-state index is 0.0829. The van der Waals surface area contributed by atoms with Crippen molar-refractivity contribution in [3.63, 3.8) is 0 Å². The van der Waals surface area contributed by atoms with Crippen LogP contribution in [0.3, 0.4) is 0 Å². The van der Waals surface area contributed by atoms with Gasteiger partial charge in [-0.25, -0.2) is 4.79 Å². The molecule has 8 atom stereocenters. The lowest BCUT2D eigenvalue weighted by Gasteiger charge is -2.41. The van der Waals surface area contributed by atoms with E-state index in [2.05, 4.69) is 48.3 Å². The first-order chi connectivity index (χ1) is 22.2. The van der Waals surface area contributed by atoms with Crippen LogP contribution < -0.4 is 5.32 Å². The van der Waals surface area contributed by atoms with Gasteiger partial charge in [0.05, 0.1) is 31.4 Å². The number of hydrogen-bond acceptors (Lipinski definition) is 9. The molecule has 0 spiro atoms. The summed E-state index contributed by atoms with van der Waals surface area (Å²) in [7, 11) is 7.98. The number of aromatic nitrogens is 4. The Bertz CT molecular complexity index is 1330. The normalized spacial score (nSPS) is 22.6. The summed E-state index contributed by atoms with van der Waals surface area (Å²) in [5.74, 6) is -3.12. The number of hydrogen-bond donors (Lipinski definition) is 2. The second kappa shape index (κ2) is 16.7. The summed E-state index contributed by atoms with van der Waals surface area (Å²) in [4.78, 5) is 43.2. The first-order valence-corrected chi connectivity index (χ1v) is 16.8. The Morgan fingerprint density at radius 3 is 2.51 bits per heavy atom. The number of Topliss-reactive ketones (excluding diaryl/α,β-unsaturated/α-hetero) is 1. The molecule has 3 heterocycles. The SMILES string of the molecule is [B][C@H](CC(=O)[C@@H](C)C(=O)O)[C@@](C)(C[C@@H](C)CN[C@H](C)[C@H]1N(CCCCn2cc(-c3ccccn3)nn2)C(=O)O[C@]1(C)[C@H](C)CC)OC. The van der Waals surface area contributed by atoms with Crippen LogP contribution in [-0.4, -0.2) is 99.2 Å². The third-order valence-corrected chi connectivity index (χ3v) is 10.1. The summed E-state index contributed by atoms with van der Waals surface area (Å²) < 4.78 is 13.7. The lowest BCUT2D eigenvalue weighted by atomic mass is 9.67. The molecule has 0 aromatic carbocycles. The highest BCUT2D eigenvalue weighted by Gasteiger charge is 2.55. The molecule has 1 aliphatic heterocycles. The molecular weight excluding hydrogens is 599 g/mol. The number of carbonyl (C=O) groups excluding carboxylic acids is 2. The van der Waals surface area contributed by atoms with Crippen molar-refractivity contribution in [2.75, 3.05) is 20.2 Å². The predicted octanol–water partition coefficient (Wildman–Crippen LogP) is 4.79. The number of carboxylic acid groups (broad SMARTS) is 1. The van der Waals surface area contributed by atoms with Gasteiger partial charge >= 0.3 is 12.1 Å².